The number of anilines is 1. The monoisotopic (exact) mass is 381 g/mol. The van der Waals surface area contributed by atoms with Crippen LogP contribution in [0, 0.1) is 5.82 Å². The first-order valence-electron chi connectivity index (χ1n) is 8.96. The van der Waals surface area contributed by atoms with Crippen molar-refractivity contribution in [2.75, 3.05) is 5.32 Å². The number of halogens is 1. The van der Waals surface area contributed by atoms with Crippen LogP contribution in [0.4, 0.5) is 10.3 Å². The summed E-state index contributed by atoms with van der Waals surface area (Å²) < 4.78 is 16.8. The fourth-order valence-electron chi connectivity index (χ4n) is 2.98. The van der Waals surface area contributed by atoms with Gasteiger partial charge in [0.1, 0.15) is 5.82 Å². The number of imidazole rings is 1. The predicted molar refractivity (Wildman–Crippen MR) is 101 cm³/mol. The third kappa shape index (κ3) is 3.53. The van der Waals surface area contributed by atoms with Crippen LogP contribution < -0.4 is 5.32 Å². The van der Waals surface area contributed by atoms with E-state index in [-0.39, 0.29) is 6.04 Å². The number of aromatic nitrogens is 8. The zero-order chi connectivity index (χ0) is 19.7. The molecule has 0 aliphatic heterocycles. The lowest BCUT2D eigenvalue weighted by molar-refractivity contribution is 0.604. The second-order valence-electron chi connectivity index (χ2n) is 6.52. The Morgan fingerprint density at radius 1 is 1.14 bits per heavy atom. The first-order valence-corrected chi connectivity index (χ1v) is 8.96. The summed E-state index contributed by atoms with van der Waals surface area (Å²) in [5.41, 5.74) is 2.49. The summed E-state index contributed by atoms with van der Waals surface area (Å²) in [4.78, 5) is 21.7. The van der Waals surface area contributed by atoms with Crippen molar-refractivity contribution in [2.24, 2.45) is 7.05 Å². The van der Waals surface area contributed by atoms with Crippen LogP contribution >= 0.6 is 0 Å². The molecule has 0 amide bonds. The number of hydrogen-bond acceptors (Lipinski definition) is 7. The fourth-order valence-corrected chi connectivity index (χ4v) is 2.98. The van der Waals surface area contributed by atoms with Gasteiger partial charge in [0.25, 0.3) is 0 Å². The van der Waals surface area contributed by atoms with Gasteiger partial charge in [-0.05, 0) is 13.8 Å². The van der Waals surface area contributed by atoms with Crippen molar-refractivity contribution in [3.8, 4) is 0 Å². The van der Waals surface area contributed by atoms with Crippen molar-refractivity contribution in [3.63, 3.8) is 0 Å². The molecule has 0 spiro atoms. The molecule has 4 aromatic heterocycles. The number of aryl methyl sites for hydroxylation is 2. The highest BCUT2D eigenvalue weighted by atomic mass is 19.1. The SMILES string of the molecule is CCn1ncc2c(Cc3cn(C)cn3)nc(N[C@@H](C)c3ncc(F)cn3)nc21. The summed E-state index contributed by atoms with van der Waals surface area (Å²) in [6.45, 7) is 4.57. The van der Waals surface area contributed by atoms with Gasteiger partial charge in [-0.15, -0.1) is 0 Å². The van der Waals surface area contributed by atoms with Crippen molar-refractivity contribution in [1.82, 2.24) is 39.3 Å². The Hall–Kier alpha value is -3.43. The third-order valence-corrected chi connectivity index (χ3v) is 4.35. The maximum absolute atomic E-state index is 13.1. The van der Waals surface area contributed by atoms with E-state index in [4.69, 9.17) is 0 Å². The molecule has 0 aliphatic carbocycles. The van der Waals surface area contributed by atoms with E-state index in [0.717, 1.165) is 34.8 Å². The Morgan fingerprint density at radius 3 is 2.61 bits per heavy atom. The topological polar surface area (TPSA) is 99.2 Å². The van der Waals surface area contributed by atoms with Crippen molar-refractivity contribution in [2.45, 2.75) is 32.9 Å². The van der Waals surface area contributed by atoms with Crippen LogP contribution in [0.2, 0.25) is 0 Å². The molecule has 1 N–H and O–H groups in total. The van der Waals surface area contributed by atoms with Crippen LogP contribution in [0.1, 0.15) is 37.1 Å². The van der Waals surface area contributed by atoms with Gasteiger partial charge in [-0.3, -0.25) is 0 Å². The summed E-state index contributed by atoms with van der Waals surface area (Å²) >= 11 is 0. The van der Waals surface area contributed by atoms with E-state index in [1.807, 2.05) is 36.3 Å². The maximum Gasteiger partial charge on any atom is 0.225 e. The highest BCUT2D eigenvalue weighted by molar-refractivity contribution is 5.78. The average molecular weight is 381 g/mol. The first kappa shape index (κ1) is 18.0. The molecule has 0 saturated carbocycles. The van der Waals surface area contributed by atoms with Gasteiger partial charge in [0, 0.05) is 26.2 Å². The molecule has 4 rings (SSSR count). The molecule has 28 heavy (non-hydrogen) atoms. The minimum atomic E-state index is -0.474. The number of nitrogens with zero attached hydrogens (tertiary/aromatic N) is 8. The molecular formula is C18H20FN9. The van der Waals surface area contributed by atoms with Gasteiger partial charge in [0.05, 0.1) is 47.7 Å². The van der Waals surface area contributed by atoms with Crippen LogP contribution in [0.3, 0.4) is 0 Å². The predicted octanol–water partition coefficient (Wildman–Crippen LogP) is 2.27. The molecule has 0 fully saturated rings. The largest absolute Gasteiger partial charge is 0.344 e. The average Bonchev–Trinajstić information content (AvgIpc) is 3.28. The van der Waals surface area contributed by atoms with Gasteiger partial charge in [-0.25, -0.2) is 29.0 Å². The van der Waals surface area contributed by atoms with Gasteiger partial charge in [-0.2, -0.15) is 10.1 Å². The Balaban J connectivity index is 1.70. The van der Waals surface area contributed by atoms with E-state index >= 15 is 0 Å². The first-order chi connectivity index (χ1) is 13.5. The molecular weight excluding hydrogens is 361 g/mol. The molecule has 9 nitrogen and oxygen atoms in total. The van der Waals surface area contributed by atoms with Crippen LogP contribution in [0.15, 0.2) is 31.1 Å². The summed E-state index contributed by atoms with van der Waals surface area (Å²) in [7, 11) is 1.93. The van der Waals surface area contributed by atoms with E-state index in [1.165, 1.54) is 0 Å². The number of hydrogen-bond donors (Lipinski definition) is 1. The van der Waals surface area contributed by atoms with Crippen molar-refractivity contribution < 1.29 is 4.39 Å². The quantitative estimate of drug-likeness (QED) is 0.547. The van der Waals surface area contributed by atoms with E-state index in [2.05, 4.69) is 35.3 Å². The smallest absolute Gasteiger partial charge is 0.225 e. The third-order valence-electron chi connectivity index (χ3n) is 4.35. The van der Waals surface area contributed by atoms with Crippen LogP contribution in [-0.2, 0) is 20.0 Å². The maximum atomic E-state index is 13.1. The van der Waals surface area contributed by atoms with Crippen molar-refractivity contribution in [3.05, 3.63) is 54.1 Å². The number of nitrogens with one attached hydrogen (secondary N) is 1. The molecule has 0 unspecified atom stereocenters. The zero-order valence-corrected chi connectivity index (χ0v) is 15.8. The summed E-state index contributed by atoms with van der Waals surface area (Å²) in [5.74, 6) is 0.424. The second kappa shape index (κ2) is 7.29. The molecule has 0 radical (unpaired) electrons. The molecule has 4 aromatic rings. The second-order valence-corrected chi connectivity index (χ2v) is 6.52. The highest BCUT2D eigenvalue weighted by Crippen LogP contribution is 2.22. The minimum Gasteiger partial charge on any atom is -0.344 e. The standard InChI is InChI=1S/C18H20FN9/c1-4-28-17-14(8-23-28)15(5-13-9-27(3)10-22-13)25-18(26-17)24-11(2)16-20-6-12(19)7-21-16/h6-11H,4-5H2,1-3H3,(H,24,25,26)/t11-/m0/s1. The Labute approximate surface area is 160 Å². The zero-order valence-electron chi connectivity index (χ0n) is 15.8. The number of rotatable bonds is 6. The molecule has 0 saturated heterocycles. The van der Waals surface area contributed by atoms with E-state index in [0.29, 0.717) is 24.7 Å². The molecule has 0 aliphatic rings. The summed E-state index contributed by atoms with van der Waals surface area (Å²) in [5, 5.41) is 8.50. The van der Waals surface area contributed by atoms with Gasteiger partial charge >= 0.3 is 0 Å². The molecule has 0 bridgehead atoms. The summed E-state index contributed by atoms with van der Waals surface area (Å²) in [6, 6.07) is -0.293. The van der Waals surface area contributed by atoms with Crippen LogP contribution in [0.5, 0.6) is 0 Å². The van der Waals surface area contributed by atoms with Gasteiger partial charge in [0.15, 0.2) is 11.5 Å². The normalized spacial score (nSPS) is 12.4. The lowest BCUT2D eigenvalue weighted by atomic mass is 10.2. The lowest BCUT2D eigenvalue weighted by Crippen LogP contribution is -2.14. The molecule has 4 heterocycles. The molecule has 144 valence electrons. The Kier molecular flexibility index (Phi) is 4.68. The van der Waals surface area contributed by atoms with E-state index < -0.39 is 5.82 Å². The van der Waals surface area contributed by atoms with Crippen molar-refractivity contribution in [1.29, 1.82) is 0 Å². The van der Waals surface area contributed by atoms with Gasteiger partial charge < -0.3 is 9.88 Å². The lowest BCUT2D eigenvalue weighted by Gasteiger charge is -2.13. The van der Waals surface area contributed by atoms with Crippen LogP contribution in [-0.4, -0.2) is 39.3 Å². The van der Waals surface area contributed by atoms with Crippen LogP contribution in [0.25, 0.3) is 11.0 Å². The van der Waals surface area contributed by atoms with E-state index in [1.54, 1.807) is 12.5 Å². The fraction of sp³-hybridized carbons (Fsp3) is 0.333. The highest BCUT2D eigenvalue weighted by Gasteiger charge is 2.16. The Morgan fingerprint density at radius 2 is 1.93 bits per heavy atom. The van der Waals surface area contributed by atoms with E-state index in [9.17, 15) is 4.39 Å². The van der Waals surface area contributed by atoms with Gasteiger partial charge in [-0.1, -0.05) is 0 Å². The Bertz CT molecular complexity index is 1100. The molecule has 1 atom stereocenters. The molecule has 10 heteroatoms. The van der Waals surface area contributed by atoms with Crippen molar-refractivity contribution >= 4 is 17.0 Å². The van der Waals surface area contributed by atoms with Gasteiger partial charge in [0.2, 0.25) is 5.95 Å². The minimum absolute atomic E-state index is 0.293. The summed E-state index contributed by atoms with van der Waals surface area (Å²) in [6.07, 6.45) is 8.35. The number of fused-ring (bicyclic) bond motifs is 1. The molecule has 0 aromatic carbocycles.